The highest BCUT2D eigenvalue weighted by atomic mass is 32.2. The van der Waals surface area contributed by atoms with Crippen LogP contribution in [-0.2, 0) is 16.8 Å². The van der Waals surface area contributed by atoms with Crippen molar-refractivity contribution in [2.75, 3.05) is 11.5 Å². The molecule has 0 saturated heterocycles. The number of nitrogens with zero attached hydrogens (tertiary/aromatic N) is 3. The molecule has 0 aliphatic rings. The van der Waals surface area contributed by atoms with Gasteiger partial charge in [0.2, 0.25) is 11.9 Å². The molecule has 4 N–H and O–H groups in total. The molecule has 2 rings (SSSR count). The molecule has 0 saturated carbocycles. The minimum Gasteiger partial charge on any atom is -0.772 e. The summed E-state index contributed by atoms with van der Waals surface area (Å²) in [7, 11) is 0. The third-order valence-electron chi connectivity index (χ3n) is 2.14. The third kappa shape index (κ3) is 2.99. The number of nitrogen functional groups attached to an aromatic ring is 2. The molecular weight excluding hydrogens is 254 g/mol. The van der Waals surface area contributed by atoms with Crippen LogP contribution in [0.4, 0.5) is 11.9 Å². The molecule has 8 heteroatoms. The number of rotatable bonds is 3. The van der Waals surface area contributed by atoms with Gasteiger partial charge in [0.1, 0.15) is 0 Å². The van der Waals surface area contributed by atoms with Crippen molar-refractivity contribution in [2.45, 2.75) is 5.75 Å². The van der Waals surface area contributed by atoms with E-state index < -0.39 is 11.1 Å². The summed E-state index contributed by atoms with van der Waals surface area (Å²) in [4.78, 5) is 11.6. The van der Waals surface area contributed by atoms with E-state index in [9.17, 15) is 8.76 Å². The molecule has 2 aromatic rings. The first-order valence-corrected chi connectivity index (χ1v) is 6.21. The fourth-order valence-electron chi connectivity index (χ4n) is 1.47. The average Bonchev–Trinajstić information content (AvgIpc) is 2.27. The van der Waals surface area contributed by atoms with Crippen LogP contribution in [0.25, 0.3) is 11.4 Å². The minimum atomic E-state index is -2.14. The second-order valence-electron chi connectivity index (χ2n) is 3.52. The Balaban J connectivity index is 2.41. The zero-order valence-corrected chi connectivity index (χ0v) is 10.1. The minimum absolute atomic E-state index is 0.0234. The van der Waals surface area contributed by atoms with Gasteiger partial charge in [-0.3, -0.25) is 4.21 Å². The van der Waals surface area contributed by atoms with Crippen LogP contribution in [0.5, 0.6) is 0 Å². The first kappa shape index (κ1) is 12.4. The fraction of sp³-hybridized carbons (Fsp3) is 0.100. The molecule has 0 fully saturated rings. The van der Waals surface area contributed by atoms with Gasteiger partial charge in [-0.1, -0.05) is 29.3 Å². The van der Waals surface area contributed by atoms with Crippen LogP contribution >= 0.6 is 0 Å². The summed E-state index contributed by atoms with van der Waals surface area (Å²) >= 11 is -2.14. The predicted octanol–water partition coefficient (Wildman–Crippen LogP) is 0.0821. The largest absolute Gasteiger partial charge is 0.772 e. The van der Waals surface area contributed by atoms with Crippen LogP contribution in [0.15, 0.2) is 24.3 Å². The van der Waals surface area contributed by atoms with Gasteiger partial charge in [0.15, 0.2) is 5.82 Å². The van der Waals surface area contributed by atoms with Gasteiger partial charge in [0, 0.05) is 11.3 Å². The summed E-state index contributed by atoms with van der Waals surface area (Å²) in [5, 5.41) is 0. The van der Waals surface area contributed by atoms with Crippen molar-refractivity contribution in [1.29, 1.82) is 0 Å². The van der Waals surface area contributed by atoms with E-state index in [4.69, 9.17) is 11.5 Å². The molecule has 1 aromatic heterocycles. The van der Waals surface area contributed by atoms with Crippen molar-refractivity contribution < 1.29 is 8.76 Å². The zero-order chi connectivity index (χ0) is 13.1. The number of aromatic nitrogens is 3. The molecule has 7 nitrogen and oxygen atoms in total. The number of hydrogen-bond acceptors (Lipinski definition) is 7. The highest BCUT2D eigenvalue weighted by Crippen LogP contribution is 2.18. The van der Waals surface area contributed by atoms with Gasteiger partial charge >= 0.3 is 0 Å². The van der Waals surface area contributed by atoms with Crippen LogP contribution in [-0.4, -0.2) is 23.7 Å². The normalized spacial score (nSPS) is 12.3. The number of anilines is 2. The predicted molar refractivity (Wildman–Crippen MR) is 66.7 cm³/mol. The van der Waals surface area contributed by atoms with E-state index in [0.29, 0.717) is 17.0 Å². The lowest BCUT2D eigenvalue weighted by molar-refractivity contribution is 0.536. The molecule has 0 amide bonds. The lowest BCUT2D eigenvalue weighted by Gasteiger charge is -2.07. The molecule has 94 valence electrons. The molecule has 0 aliphatic carbocycles. The van der Waals surface area contributed by atoms with E-state index in [0.717, 1.165) is 0 Å². The molecule has 0 bridgehead atoms. The maximum Gasteiger partial charge on any atom is 0.225 e. The zero-order valence-electron chi connectivity index (χ0n) is 9.24. The monoisotopic (exact) mass is 264 g/mol. The van der Waals surface area contributed by atoms with Crippen molar-refractivity contribution in [1.82, 2.24) is 15.0 Å². The van der Waals surface area contributed by atoms with Crippen LogP contribution in [0.1, 0.15) is 5.56 Å². The van der Waals surface area contributed by atoms with E-state index in [2.05, 4.69) is 15.0 Å². The lowest BCUT2D eigenvalue weighted by atomic mass is 10.1. The van der Waals surface area contributed by atoms with Crippen molar-refractivity contribution in [2.24, 2.45) is 0 Å². The van der Waals surface area contributed by atoms with Gasteiger partial charge in [-0.2, -0.15) is 15.0 Å². The molecule has 1 heterocycles. The molecule has 0 spiro atoms. The van der Waals surface area contributed by atoms with E-state index in [-0.39, 0.29) is 17.6 Å². The second-order valence-corrected chi connectivity index (χ2v) is 4.42. The van der Waals surface area contributed by atoms with E-state index >= 15 is 0 Å². The Morgan fingerprint density at radius 3 is 2.44 bits per heavy atom. The summed E-state index contributed by atoms with van der Waals surface area (Å²) < 4.78 is 21.3. The van der Waals surface area contributed by atoms with Crippen molar-refractivity contribution >= 4 is 23.0 Å². The molecule has 0 radical (unpaired) electrons. The molecular formula is C10H10N5O2S-. The molecule has 0 aliphatic heterocycles. The first-order chi connectivity index (χ1) is 8.54. The topological polar surface area (TPSA) is 131 Å². The number of benzene rings is 1. The van der Waals surface area contributed by atoms with Crippen molar-refractivity contribution in [3.05, 3.63) is 29.8 Å². The highest BCUT2D eigenvalue weighted by molar-refractivity contribution is 7.78. The summed E-state index contributed by atoms with van der Waals surface area (Å²) in [6.07, 6.45) is 0. The third-order valence-corrected chi connectivity index (χ3v) is 2.71. The molecule has 1 atom stereocenters. The van der Waals surface area contributed by atoms with Crippen LogP contribution in [0.2, 0.25) is 0 Å². The van der Waals surface area contributed by atoms with Gasteiger partial charge in [-0.25, -0.2) is 0 Å². The Morgan fingerprint density at radius 1 is 1.17 bits per heavy atom. The van der Waals surface area contributed by atoms with E-state index in [1.165, 1.54) is 0 Å². The van der Waals surface area contributed by atoms with Gasteiger partial charge in [0.25, 0.3) is 0 Å². The van der Waals surface area contributed by atoms with Gasteiger partial charge in [-0.05, 0) is 11.6 Å². The Labute approximate surface area is 106 Å². The van der Waals surface area contributed by atoms with E-state index in [1.807, 2.05) is 0 Å². The Morgan fingerprint density at radius 2 is 1.83 bits per heavy atom. The first-order valence-electron chi connectivity index (χ1n) is 4.97. The Bertz CT molecular complexity index is 584. The lowest BCUT2D eigenvalue weighted by Crippen LogP contribution is -2.04. The highest BCUT2D eigenvalue weighted by Gasteiger charge is 2.05. The number of hydrogen-bond donors (Lipinski definition) is 2. The van der Waals surface area contributed by atoms with Crippen LogP contribution < -0.4 is 11.5 Å². The molecule has 1 aromatic carbocycles. The SMILES string of the molecule is Nc1nc(N)nc(-c2cccc(CS(=O)[O-])c2)n1. The maximum absolute atomic E-state index is 10.6. The quantitative estimate of drug-likeness (QED) is 0.750. The average molecular weight is 264 g/mol. The second kappa shape index (κ2) is 5.07. The fourth-order valence-corrected chi connectivity index (χ4v) is 1.93. The summed E-state index contributed by atoms with van der Waals surface area (Å²) in [5.41, 5.74) is 12.2. The maximum atomic E-state index is 10.6. The molecule has 18 heavy (non-hydrogen) atoms. The van der Waals surface area contributed by atoms with Gasteiger partial charge in [0.05, 0.1) is 0 Å². The Kier molecular flexibility index (Phi) is 3.49. The Hall–Kier alpha value is -2.06. The summed E-state index contributed by atoms with van der Waals surface area (Å²) in [6, 6.07) is 6.83. The summed E-state index contributed by atoms with van der Waals surface area (Å²) in [5.74, 6) is 0.299. The smallest absolute Gasteiger partial charge is 0.225 e. The van der Waals surface area contributed by atoms with Crippen molar-refractivity contribution in [3.8, 4) is 11.4 Å². The van der Waals surface area contributed by atoms with Gasteiger partial charge in [-0.15, -0.1) is 0 Å². The molecule has 1 unspecified atom stereocenters. The van der Waals surface area contributed by atoms with E-state index in [1.54, 1.807) is 24.3 Å². The van der Waals surface area contributed by atoms with Crippen LogP contribution in [0, 0.1) is 0 Å². The van der Waals surface area contributed by atoms with Gasteiger partial charge < -0.3 is 16.0 Å². The number of nitrogens with two attached hydrogens (primary N) is 2. The standard InChI is InChI=1S/C10H11N5O2S/c11-9-13-8(14-10(12)15-9)7-3-1-2-6(4-7)5-18(16)17/h1-4H,5H2,(H,16,17)(H4,11,12,13,14,15)/p-1. The van der Waals surface area contributed by atoms with Crippen LogP contribution in [0.3, 0.4) is 0 Å². The summed E-state index contributed by atoms with van der Waals surface area (Å²) in [6.45, 7) is 0. The van der Waals surface area contributed by atoms with Crippen molar-refractivity contribution in [3.63, 3.8) is 0 Å².